The molecule has 1 aliphatic rings. The predicted octanol–water partition coefficient (Wildman–Crippen LogP) is 5.79. The number of aromatic nitrogens is 1. The van der Waals surface area contributed by atoms with Crippen LogP contribution in [0.2, 0.25) is 0 Å². The Morgan fingerprint density at radius 3 is 2.31 bits per heavy atom. The van der Waals surface area contributed by atoms with Crippen molar-refractivity contribution >= 4 is 51.5 Å². The van der Waals surface area contributed by atoms with Crippen molar-refractivity contribution in [2.45, 2.75) is 13.1 Å². The van der Waals surface area contributed by atoms with Crippen LogP contribution in [-0.4, -0.2) is 26.5 Å². The van der Waals surface area contributed by atoms with Gasteiger partial charge in [-0.2, -0.15) is 0 Å². The molecule has 1 fully saturated rings. The van der Waals surface area contributed by atoms with Crippen molar-refractivity contribution < 1.29 is 23.2 Å². The van der Waals surface area contributed by atoms with Gasteiger partial charge in [-0.15, -0.1) is 0 Å². The predicted molar refractivity (Wildman–Crippen MR) is 135 cm³/mol. The van der Waals surface area contributed by atoms with Crippen molar-refractivity contribution in [3.8, 4) is 0 Å². The summed E-state index contributed by atoms with van der Waals surface area (Å²) < 4.78 is 28.1. The Hall–Kier alpha value is -4.24. The molecule has 6 nitrogen and oxygen atoms in total. The summed E-state index contributed by atoms with van der Waals surface area (Å²) in [5.74, 6) is -1.51. The molecular weight excluding hydrogens is 484 g/mol. The Kier molecular flexibility index (Phi) is 6.39. The number of imide groups is 1. The van der Waals surface area contributed by atoms with Crippen molar-refractivity contribution in [3.63, 3.8) is 0 Å². The Morgan fingerprint density at radius 2 is 1.58 bits per heavy atom. The zero-order valence-electron chi connectivity index (χ0n) is 18.8. The number of nitrogens with one attached hydrogen (secondary N) is 1. The number of halogens is 2. The second kappa shape index (κ2) is 9.79. The molecule has 4 aromatic rings. The summed E-state index contributed by atoms with van der Waals surface area (Å²) in [6, 6.07) is 18.6. The summed E-state index contributed by atoms with van der Waals surface area (Å²) in [6.07, 6.45) is 3.40. The van der Waals surface area contributed by atoms with E-state index in [1.54, 1.807) is 16.8 Å². The fourth-order valence-electron chi connectivity index (χ4n) is 3.96. The lowest BCUT2D eigenvalue weighted by molar-refractivity contribution is -0.123. The molecule has 0 bridgehead atoms. The molecule has 180 valence electrons. The van der Waals surface area contributed by atoms with Gasteiger partial charge < -0.3 is 9.88 Å². The second-order valence-corrected chi connectivity index (χ2v) is 9.17. The molecule has 0 aliphatic carbocycles. The van der Waals surface area contributed by atoms with Crippen LogP contribution in [0.3, 0.4) is 0 Å². The molecule has 0 unspecified atom stereocenters. The number of carbonyl (C=O) groups is 3. The standard InChI is InChI=1S/C27H19F2N3O3S/c28-19-7-5-17(6-8-19)14-32-26(34)24(36-27(32)35)13-18-15-31(23-4-2-1-3-22(18)23)16-25(33)30-21-11-9-20(29)10-12-21/h1-13,15H,14,16H2,(H,30,33)/b24-13+. The van der Waals surface area contributed by atoms with E-state index in [0.717, 1.165) is 27.6 Å². The van der Waals surface area contributed by atoms with Crippen LogP contribution in [0.5, 0.6) is 0 Å². The van der Waals surface area contributed by atoms with Crippen LogP contribution in [-0.2, 0) is 22.7 Å². The molecule has 1 saturated heterocycles. The van der Waals surface area contributed by atoms with Gasteiger partial charge in [0.25, 0.3) is 11.1 Å². The molecule has 1 aliphatic heterocycles. The Balaban J connectivity index is 1.38. The summed E-state index contributed by atoms with van der Waals surface area (Å²) >= 11 is 0.839. The number of carbonyl (C=O) groups excluding carboxylic acids is 3. The van der Waals surface area contributed by atoms with Crippen molar-refractivity contribution in [1.29, 1.82) is 0 Å². The summed E-state index contributed by atoms with van der Waals surface area (Å²) in [5, 5.41) is 3.15. The molecule has 2 heterocycles. The number of anilines is 1. The lowest BCUT2D eigenvalue weighted by atomic mass is 10.1. The first kappa shape index (κ1) is 23.5. The van der Waals surface area contributed by atoms with Gasteiger partial charge in [-0.05, 0) is 65.9 Å². The highest BCUT2D eigenvalue weighted by Gasteiger charge is 2.35. The minimum Gasteiger partial charge on any atom is -0.337 e. The highest BCUT2D eigenvalue weighted by molar-refractivity contribution is 8.18. The number of nitrogens with zero attached hydrogens (tertiary/aromatic N) is 2. The van der Waals surface area contributed by atoms with E-state index in [1.807, 2.05) is 24.3 Å². The number of benzene rings is 3. The van der Waals surface area contributed by atoms with Gasteiger partial charge in [0.15, 0.2) is 0 Å². The van der Waals surface area contributed by atoms with E-state index in [-0.39, 0.29) is 23.9 Å². The molecule has 0 saturated carbocycles. The molecule has 3 amide bonds. The maximum atomic E-state index is 13.2. The third kappa shape index (κ3) is 4.92. The summed E-state index contributed by atoms with van der Waals surface area (Å²) in [7, 11) is 0. The molecule has 0 radical (unpaired) electrons. The van der Waals surface area contributed by atoms with Crippen molar-refractivity contribution in [1.82, 2.24) is 9.47 Å². The summed E-state index contributed by atoms with van der Waals surface area (Å²) in [6.45, 7) is 0.0470. The maximum absolute atomic E-state index is 13.2. The first-order valence-electron chi connectivity index (χ1n) is 11.0. The lowest BCUT2D eigenvalue weighted by Gasteiger charge is -2.12. The molecule has 36 heavy (non-hydrogen) atoms. The van der Waals surface area contributed by atoms with Gasteiger partial charge in [-0.25, -0.2) is 8.78 Å². The molecule has 5 rings (SSSR count). The number of fused-ring (bicyclic) bond motifs is 1. The highest BCUT2D eigenvalue weighted by Crippen LogP contribution is 2.35. The molecular formula is C27H19F2N3O3S. The van der Waals surface area contributed by atoms with Gasteiger partial charge in [0.2, 0.25) is 5.91 Å². The minimum atomic E-state index is -0.430. The quantitative estimate of drug-likeness (QED) is 0.338. The maximum Gasteiger partial charge on any atom is 0.293 e. The number of hydrogen-bond acceptors (Lipinski definition) is 4. The smallest absolute Gasteiger partial charge is 0.293 e. The number of amides is 3. The second-order valence-electron chi connectivity index (χ2n) is 8.18. The molecule has 1 aromatic heterocycles. The number of thioether (sulfide) groups is 1. The zero-order valence-corrected chi connectivity index (χ0v) is 19.6. The van der Waals surface area contributed by atoms with Gasteiger partial charge in [0.1, 0.15) is 18.2 Å². The fraction of sp³-hybridized carbons (Fsp3) is 0.0741. The molecule has 9 heteroatoms. The zero-order chi connectivity index (χ0) is 25.2. The van der Waals surface area contributed by atoms with Gasteiger partial charge in [-0.1, -0.05) is 30.3 Å². The molecule has 0 atom stereocenters. The summed E-state index contributed by atoms with van der Waals surface area (Å²) in [4.78, 5) is 39.5. The highest BCUT2D eigenvalue weighted by atomic mass is 32.2. The van der Waals surface area contributed by atoms with E-state index >= 15 is 0 Å². The summed E-state index contributed by atoms with van der Waals surface area (Å²) in [5.41, 5.74) is 2.59. The lowest BCUT2D eigenvalue weighted by Crippen LogP contribution is -2.27. The van der Waals surface area contributed by atoms with E-state index in [4.69, 9.17) is 0 Å². The first-order valence-corrected chi connectivity index (χ1v) is 11.8. The SMILES string of the molecule is O=C(Cn1cc(/C=C2/SC(=O)N(Cc3ccc(F)cc3)C2=O)c2ccccc21)Nc1ccc(F)cc1. The van der Waals surface area contributed by atoms with E-state index in [1.165, 1.54) is 48.5 Å². The largest absolute Gasteiger partial charge is 0.337 e. The molecule has 0 spiro atoms. The molecule has 3 aromatic carbocycles. The van der Waals surface area contributed by atoms with E-state index in [2.05, 4.69) is 5.32 Å². The monoisotopic (exact) mass is 503 g/mol. The van der Waals surface area contributed by atoms with Crippen molar-refractivity contribution in [3.05, 3.63) is 107 Å². The Bertz CT molecular complexity index is 1510. The topological polar surface area (TPSA) is 71.4 Å². The van der Waals surface area contributed by atoms with Crippen LogP contribution in [0.1, 0.15) is 11.1 Å². The Labute approximate surface area is 209 Å². The van der Waals surface area contributed by atoms with E-state index < -0.39 is 22.8 Å². The molecule has 1 N–H and O–H groups in total. The fourth-order valence-corrected chi connectivity index (χ4v) is 4.79. The number of para-hydroxylation sites is 1. The van der Waals surface area contributed by atoms with E-state index in [9.17, 15) is 23.2 Å². The average Bonchev–Trinajstić information content (AvgIpc) is 3.33. The van der Waals surface area contributed by atoms with Gasteiger partial charge >= 0.3 is 0 Å². The minimum absolute atomic E-state index is 0.00221. The van der Waals surface area contributed by atoms with E-state index in [0.29, 0.717) is 16.8 Å². The van der Waals surface area contributed by atoms with Crippen LogP contribution in [0, 0.1) is 11.6 Å². The Morgan fingerprint density at radius 1 is 0.917 bits per heavy atom. The van der Waals surface area contributed by atoms with Gasteiger partial charge in [0, 0.05) is 28.4 Å². The third-order valence-corrected chi connectivity index (χ3v) is 6.58. The van der Waals surface area contributed by atoms with Crippen LogP contribution >= 0.6 is 11.8 Å². The van der Waals surface area contributed by atoms with Crippen molar-refractivity contribution in [2.75, 3.05) is 5.32 Å². The first-order chi connectivity index (χ1) is 17.4. The third-order valence-electron chi connectivity index (χ3n) is 5.68. The number of rotatable bonds is 6. The van der Waals surface area contributed by atoms with Crippen LogP contribution < -0.4 is 5.32 Å². The van der Waals surface area contributed by atoms with Crippen LogP contribution in [0.25, 0.3) is 17.0 Å². The average molecular weight is 504 g/mol. The van der Waals surface area contributed by atoms with Crippen LogP contribution in [0.4, 0.5) is 19.3 Å². The van der Waals surface area contributed by atoms with Crippen LogP contribution in [0.15, 0.2) is 83.9 Å². The van der Waals surface area contributed by atoms with Gasteiger partial charge in [0.05, 0.1) is 11.4 Å². The number of hydrogen-bond donors (Lipinski definition) is 1. The van der Waals surface area contributed by atoms with Gasteiger partial charge in [-0.3, -0.25) is 19.3 Å². The normalized spacial score (nSPS) is 14.7. The van der Waals surface area contributed by atoms with Crippen molar-refractivity contribution in [2.24, 2.45) is 0 Å².